The van der Waals surface area contributed by atoms with Gasteiger partial charge in [-0.3, -0.25) is 14.6 Å². The van der Waals surface area contributed by atoms with Crippen molar-refractivity contribution in [2.75, 3.05) is 13.2 Å². The topological polar surface area (TPSA) is 114 Å². The zero-order valence-corrected chi connectivity index (χ0v) is 27.9. The number of aryl methyl sites for hydroxylation is 1. The summed E-state index contributed by atoms with van der Waals surface area (Å²) < 4.78 is 129. The number of aliphatic hydroxyl groups is 1. The summed E-state index contributed by atoms with van der Waals surface area (Å²) in [5.74, 6) is -22.9. The van der Waals surface area contributed by atoms with Crippen LogP contribution in [0.5, 0.6) is 0 Å². The van der Waals surface area contributed by atoms with E-state index in [1.807, 2.05) is 0 Å². The zero-order valence-electron chi connectivity index (χ0n) is 25.1. The molecule has 1 aromatic carbocycles. The maximum atomic E-state index is 13.6. The minimum atomic E-state index is -7.12. The normalized spacial score (nSPS) is 13.9. The summed E-state index contributed by atoms with van der Waals surface area (Å²) in [6.07, 6.45) is -2.93. The van der Waals surface area contributed by atoms with Crippen LogP contribution in [0.4, 0.5) is 39.5 Å². The fourth-order valence-corrected chi connectivity index (χ4v) is 4.31. The molecule has 0 aliphatic carbocycles. The monoisotopic (exact) mass is 712 g/mol. The molecule has 0 heterocycles. The largest absolute Gasteiger partial charge is 1.00 e. The van der Waals surface area contributed by atoms with Crippen LogP contribution in [0.25, 0.3) is 0 Å². The minimum Gasteiger partial charge on any atom is -0.691 e. The van der Waals surface area contributed by atoms with Gasteiger partial charge >= 0.3 is 65.4 Å². The van der Waals surface area contributed by atoms with Crippen LogP contribution in [0.15, 0.2) is 24.3 Å². The number of aliphatic hydroxyl groups excluding tert-OH is 1. The van der Waals surface area contributed by atoms with Gasteiger partial charge in [0.2, 0.25) is 0 Å². The Morgan fingerprint density at radius 1 is 0.870 bits per heavy atom. The Hall–Kier alpha value is -1.28. The number of ether oxygens (including phenoxy) is 2. The average Bonchev–Trinajstić information content (AvgIpc) is 2.96. The van der Waals surface area contributed by atoms with E-state index in [9.17, 15) is 59.5 Å². The number of halogens is 9. The molecule has 260 valence electrons. The molecule has 1 N–H and O–H groups in total. The van der Waals surface area contributed by atoms with Crippen molar-refractivity contribution in [3.63, 3.8) is 0 Å². The molecule has 1 rings (SSSR count). The molecule has 2 unspecified atom stereocenters. The van der Waals surface area contributed by atoms with Crippen molar-refractivity contribution in [1.29, 1.82) is 0 Å². The molecule has 0 spiro atoms. The molecule has 0 bridgehead atoms. The number of carbonyl (C=O) groups is 2. The zero-order chi connectivity index (χ0) is 34.3. The molecule has 0 aliphatic heterocycles. The van der Waals surface area contributed by atoms with Gasteiger partial charge in [-0.25, -0.2) is 0 Å². The number of hydrogen-bond donors (Lipinski definition) is 1. The maximum Gasteiger partial charge on any atom is 1.00 e. The van der Waals surface area contributed by atoms with Crippen LogP contribution in [0.3, 0.4) is 0 Å². The van der Waals surface area contributed by atoms with E-state index < -0.39 is 73.3 Å². The van der Waals surface area contributed by atoms with Crippen molar-refractivity contribution < 1.29 is 108 Å². The van der Waals surface area contributed by atoms with E-state index in [0.29, 0.717) is 5.56 Å². The van der Waals surface area contributed by atoms with E-state index >= 15 is 0 Å². The van der Waals surface area contributed by atoms with Crippen LogP contribution >= 0.6 is 12.0 Å². The molecule has 8 nitrogen and oxygen atoms in total. The summed E-state index contributed by atoms with van der Waals surface area (Å²) in [6.45, 7) is -0.266. The molecule has 1 aromatic rings. The standard InChI is InChI=1S/C27H35F9O8S.Na/c1-2-3-4-5-6-7-8-9-18-10-12-19(13-11-18)20(37)17-42-22(38)16-21(45-44-43-40)23(39)41-15-14-24(28,29)25(30,31)26(32,33)27(34,35)36;/h10-13,20-21,37,40H,2-9,14-17H2,1H3;/q;+1/p-1. The Morgan fingerprint density at radius 2 is 1.43 bits per heavy atom. The molecular formula is C27H34F9NaO8S. The molecule has 19 heteroatoms. The maximum absolute atomic E-state index is 13.6. The van der Waals surface area contributed by atoms with Gasteiger partial charge < -0.3 is 19.8 Å². The fourth-order valence-electron chi connectivity index (χ4n) is 3.83. The van der Waals surface area contributed by atoms with E-state index in [1.165, 1.54) is 25.7 Å². The number of carbonyl (C=O) groups excluding carboxylic acids is 2. The first kappa shape index (κ1) is 44.7. The van der Waals surface area contributed by atoms with Crippen LogP contribution in [0, 0.1) is 0 Å². The van der Waals surface area contributed by atoms with Crippen molar-refractivity contribution in [2.24, 2.45) is 0 Å². The number of alkyl halides is 9. The van der Waals surface area contributed by atoms with Crippen LogP contribution < -0.4 is 34.8 Å². The summed E-state index contributed by atoms with van der Waals surface area (Å²) in [4.78, 5) is 24.3. The van der Waals surface area contributed by atoms with Crippen molar-refractivity contribution >= 4 is 24.0 Å². The third-order valence-electron chi connectivity index (χ3n) is 6.50. The van der Waals surface area contributed by atoms with Gasteiger partial charge in [0.15, 0.2) is 0 Å². The first-order valence-electron chi connectivity index (χ1n) is 13.8. The number of benzene rings is 1. The van der Waals surface area contributed by atoms with Gasteiger partial charge in [0.1, 0.15) is 18.0 Å². The Labute approximate surface area is 286 Å². The van der Waals surface area contributed by atoms with Crippen LogP contribution in [0.1, 0.15) is 81.9 Å². The SMILES string of the molecule is CCCCCCCCCc1ccc(C(O)COC(=O)CC(SOO[O-])C(=O)OCCC(F)(F)C(F)(F)C(F)(F)C(F)(F)F)cc1.[Na+]. The minimum absolute atomic E-state index is 0. The van der Waals surface area contributed by atoms with E-state index in [0.717, 1.165) is 31.2 Å². The summed E-state index contributed by atoms with van der Waals surface area (Å²) in [7, 11) is 0. The van der Waals surface area contributed by atoms with E-state index in [4.69, 9.17) is 4.74 Å². The van der Waals surface area contributed by atoms with E-state index in [1.54, 1.807) is 24.3 Å². The quantitative estimate of drug-likeness (QED) is 0.0367. The molecule has 0 aromatic heterocycles. The number of hydrogen-bond acceptors (Lipinski definition) is 9. The summed E-state index contributed by atoms with van der Waals surface area (Å²) in [5.41, 5.74) is 1.42. The predicted octanol–water partition coefficient (Wildman–Crippen LogP) is 3.59. The van der Waals surface area contributed by atoms with Gasteiger partial charge in [0.25, 0.3) is 0 Å². The number of unbranched alkanes of at least 4 members (excludes halogenated alkanes) is 6. The summed E-state index contributed by atoms with van der Waals surface area (Å²) >= 11 is -0.203. The number of rotatable bonds is 22. The molecule has 0 saturated heterocycles. The van der Waals surface area contributed by atoms with Crippen molar-refractivity contribution in [3.8, 4) is 0 Å². The molecule has 0 aliphatic rings. The first-order valence-corrected chi connectivity index (χ1v) is 14.6. The van der Waals surface area contributed by atoms with Gasteiger partial charge in [-0.1, -0.05) is 69.7 Å². The Morgan fingerprint density at radius 3 is 1.98 bits per heavy atom. The second-order valence-corrected chi connectivity index (χ2v) is 10.9. The predicted molar refractivity (Wildman–Crippen MR) is 139 cm³/mol. The smallest absolute Gasteiger partial charge is 0.691 e. The summed E-state index contributed by atoms with van der Waals surface area (Å²) in [5, 5.41) is 21.5. The molecule has 2 atom stereocenters. The van der Waals surface area contributed by atoms with Gasteiger partial charge in [0, 0.05) is 12.0 Å². The molecular weight excluding hydrogens is 678 g/mol. The Bertz CT molecular complexity index is 1030. The third-order valence-corrected chi connectivity index (χ3v) is 7.23. The van der Waals surface area contributed by atoms with E-state index in [2.05, 4.69) is 21.0 Å². The molecule has 0 saturated carbocycles. The average molecular weight is 713 g/mol. The molecule has 0 fully saturated rings. The van der Waals surface area contributed by atoms with Gasteiger partial charge in [0.05, 0.1) is 19.4 Å². The van der Waals surface area contributed by atoms with Gasteiger partial charge in [-0.15, -0.1) is 0 Å². The Kier molecular flexibility index (Phi) is 20.4. The molecule has 0 amide bonds. The van der Waals surface area contributed by atoms with Crippen LogP contribution in [-0.2, 0) is 34.9 Å². The van der Waals surface area contributed by atoms with Gasteiger partial charge in [-0.05, 0) is 24.0 Å². The fraction of sp³-hybridized carbons (Fsp3) is 0.704. The van der Waals surface area contributed by atoms with Crippen molar-refractivity contribution in [1.82, 2.24) is 0 Å². The van der Waals surface area contributed by atoms with Crippen molar-refractivity contribution in [2.45, 2.75) is 106 Å². The molecule has 46 heavy (non-hydrogen) atoms. The Balaban J connectivity index is 0.0000202. The second-order valence-electron chi connectivity index (χ2n) is 10.0. The van der Waals surface area contributed by atoms with Crippen LogP contribution in [-0.4, -0.2) is 59.5 Å². The second kappa shape index (κ2) is 20.9. The number of esters is 2. The van der Waals surface area contributed by atoms with E-state index in [-0.39, 0.29) is 41.6 Å². The van der Waals surface area contributed by atoms with Crippen molar-refractivity contribution in [3.05, 3.63) is 35.4 Å². The summed E-state index contributed by atoms with van der Waals surface area (Å²) in [6, 6.07) is 6.83. The first-order chi connectivity index (χ1) is 20.9. The van der Waals surface area contributed by atoms with Crippen LogP contribution in [0.2, 0.25) is 0 Å². The molecule has 0 radical (unpaired) electrons. The third kappa shape index (κ3) is 14.1. The van der Waals surface area contributed by atoms with Gasteiger partial charge in [-0.2, -0.15) is 43.8 Å².